The molecular formula is C53H86O6. The molecule has 0 aromatic carbocycles. The highest BCUT2D eigenvalue weighted by atomic mass is 16.6. The van der Waals surface area contributed by atoms with E-state index in [2.05, 4.69) is 112 Å². The SMILES string of the molecule is CCCC/C=C\C=C/CCCCCC(=O)OCC(COC(=O)CCC/C=C\C/C=C\C/C=C\C/C=C\CCCCC)OC(=O)CC/C=C\C/C=C\CCCCCCCC. The van der Waals surface area contributed by atoms with Crippen LogP contribution in [0.1, 0.15) is 201 Å². The maximum Gasteiger partial charge on any atom is 0.306 e. The van der Waals surface area contributed by atoms with Gasteiger partial charge in [-0.05, 0) is 96.3 Å². The third-order valence-electron chi connectivity index (χ3n) is 9.57. The zero-order valence-corrected chi connectivity index (χ0v) is 38.0. The van der Waals surface area contributed by atoms with Gasteiger partial charge in [0.05, 0.1) is 0 Å². The quantitative estimate of drug-likeness (QED) is 0.0201. The van der Waals surface area contributed by atoms with Crippen LogP contribution in [0.2, 0.25) is 0 Å². The molecule has 0 spiro atoms. The first-order valence-corrected chi connectivity index (χ1v) is 23.8. The van der Waals surface area contributed by atoms with Crippen LogP contribution < -0.4 is 0 Å². The van der Waals surface area contributed by atoms with Crippen LogP contribution >= 0.6 is 0 Å². The minimum absolute atomic E-state index is 0.133. The van der Waals surface area contributed by atoms with Crippen LogP contribution in [0.4, 0.5) is 0 Å². The number of unbranched alkanes of at least 4 members (excludes halogenated alkanes) is 15. The van der Waals surface area contributed by atoms with Crippen LogP contribution in [-0.4, -0.2) is 37.2 Å². The molecule has 334 valence electrons. The van der Waals surface area contributed by atoms with Crippen molar-refractivity contribution in [3.63, 3.8) is 0 Å². The lowest BCUT2D eigenvalue weighted by atomic mass is 10.1. The number of hydrogen-bond donors (Lipinski definition) is 0. The van der Waals surface area contributed by atoms with Crippen LogP contribution in [0.25, 0.3) is 0 Å². The first-order chi connectivity index (χ1) is 29.0. The Morgan fingerprint density at radius 1 is 0.356 bits per heavy atom. The van der Waals surface area contributed by atoms with Gasteiger partial charge in [0.25, 0.3) is 0 Å². The zero-order valence-electron chi connectivity index (χ0n) is 38.0. The second-order valence-electron chi connectivity index (χ2n) is 15.3. The molecule has 0 fully saturated rings. The monoisotopic (exact) mass is 819 g/mol. The van der Waals surface area contributed by atoms with E-state index in [4.69, 9.17) is 14.2 Å². The molecule has 6 heteroatoms. The highest BCUT2D eigenvalue weighted by molar-refractivity contribution is 5.71. The summed E-state index contributed by atoms with van der Waals surface area (Å²) in [5, 5.41) is 0. The molecule has 0 aliphatic rings. The number of rotatable bonds is 41. The van der Waals surface area contributed by atoms with Crippen molar-refractivity contribution >= 4 is 17.9 Å². The maximum atomic E-state index is 12.7. The summed E-state index contributed by atoms with van der Waals surface area (Å²) < 4.78 is 16.6. The molecule has 0 heterocycles. The highest BCUT2D eigenvalue weighted by Crippen LogP contribution is 2.10. The summed E-state index contributed by atoms with van der Waals surface area (Å²) in [4.78, 5) is 37.7. The summed E-state index contributed by atoms with van der Waals surface area (Å²) in [7, 11) is 0. The predicted octanol–water partition coefficient (Wildman–Crippen LogP) is 15.4. The smallest absolute Gasteiger partial charge is 0.306 e. The molecule has 0 aromatic rings. The molecule has 0 radical (unpaired) electrons. The lowest BCUT2D eigenvalue weighted by molar-refractivity contribution is -0.166. The van der Waals surface area contributed by atoms with Gasteiger partial charge < -0.3 is 14.2 Å². The van der Waals surface area contributed by atoms with E-state index in [1.54, 1.807) is 0 Å². The van der Waals surface area contributed by atoms with Gasteiger partial charge in [-0.15, -0.1) is 0 Å². The van der Waals surface area contributed by atoms with E-state index in [-0.39, 0.29) is 38.0 Å². The van der Waals surface area contributed by atoms with Gasteiger partial charge in [-0.1, -0.05) is 182 Å². The van der Waals surface area contributed by atoms with E-state index in [1.807, 2.05) is 6.08 Å². The summed E-state index contributed by atoms with van der Waals surface area (Å²) >= 11 is 0. The van der Waals surface area contributed by atoms with Crippen molar-refractivity contribution in [3.05, 3.63) is 97.2 Å². The highest BCUT2D eigenvalue weighted by Gasteiger charge is 2.19. The number of carbonyl (C=O) groups excluding carboxylic acids is 3. The fraction of sp³-hybridized carbons (Fsp3) is 0.642. The molecule has 0 aromatic heterocycles. The number of esters is 3. The van der Waals surface area contributed by atoms with Crippen molar-refractivity contribution in [1.29, 1.82) is 0 Å². The van der Waals surface area contributed by atoms with Gasteiger partial charge in [0.15, 0.2) is 6.10 Å². The molecule has 6 nitrogen and oxygen atoms in total. The Morgan fingerprint density at radius 2 is 0.729 bits per heavy atom. The lowest BCUT2D eigenvalue weighted by Gasteiger charge is -2.18. The standard InChI is InChI=1S/C53H86O6/c1-4-7-10-13-16-19-22-24-25-26-27-29-31-34-37-40-43-46-52(55)58-49-50(48-57-51(54)45-42-39-36-33-30-21-18-15-12-9-6-3)59-53(56)47-44-41-38-35-32-28-23-20-17-14-11-8-5-2/h15-16,18-19,21,24-25,27-30,32,34,37-38,41,50H,4-14,17,20,22-23,26,31,33,35-36,39-40,42-49H2,1-3H3/b18-15-,19-16-,25-24-,29-27-,30-21-,32-28-,37-34-,41-38-. The van der Waals surface area contributed by atoms with Crippen LogP contribution in [0.5, 0.6) is 0 Å². The Bertz CT molecular complexity index is 1220. The van der Waals surface area contributed by atoms with E-state index in [1.165, 1.54) is 77.0 Å². The summed E-state index contributed by atoms with van der Waals surface area (Å²) in [5.41, 5.74) is 0. The minimum atomic E-state index is -0.839. The second kappa shape index (κ2) is 47.0. The Hall–Kier alpha value is -3.67. The molecule has 0 aliphatic carbocycles. The van der Waals surface area contributed by atoms with Crippen molar-refractivity contribution < 1.29 is 28.6 Å². The molecule has 0 saturated heterocycles. The van der Waals surface area contributed by atoms with Crippen molar-refractivity contribution in [1.82, 2.24) is 0 Å². The minimum Gasteiger partial charge on any atom is -0.462 e. The van der Waals surface area contributed by atoms with Gasteiger partial charge in [0.1, 0.15) is 13.2 Å². The summed E-state index contributed by atoms with van der Waals surface area (Å²) in [6, 6.07) is 0. The molecule has 0 saturated carbocycles. The summed E-state index contributed by atoms with van der Waals surface area (Å²) in [5.74, 6) is -1.09. The van der Waals surface area contributed by atoms with Gasteiger partial charge in [-0.3, -0.25) is 14.4 Å². The number of carbonyl (C=O) groups is 3. The number of ether oxygens (including phenoxy) is 3. The second-order valence-corrected chi connectivity index (χ2v) is 15.3. The molecule has 0 rings (SSSR count). The van der Waals surface area contributed by atoms with E-state index < -0.39 is 12.1 Å². The summed E-state index contributed by atoms with van der Waals surface area (Å²) in [6.45, 7) is 6.40. The van der Waals surface area contributed by atoms with E-state index in [0.29, 0.717) is 19.3 Å². The Balaban J connectivity index is 4.58. The van der Waals surface area contributed by atoms with Crippen molar-refractivity contribution in [2.24, 2.45) is 0 Å². The van der Waals surface area contributed by atoms with Crippen molar-refractivity contribution in [2.75, 3.05) is 13.2 Å². The molecule has 1 unspecified atom stereocenters. The molecule has 0 amide bonds. The Labute approximate surface area is 362 Å². The van der Waals surface area contributed by atoms with Crippen molar-refractivity contribution in [2.45, 2.75) is 207 Å². The van der Waals surface area contributed by atoms with E-state index >= 15 is 0 Å². The molecule has 0 bridgehead atoms. The van der Waals surface area contributed by atoms with Crippen LogP contribution in [0, 0.1) is 0 Å². The fourth-order valence-corrected chi connectivity index (χ4v) is 5.93. The third kappa shape index (κ3) is 45.3. The maximum absolute atomic E-state index is 12.7. The first kappa shape index (κ1) is 55.3. The number of hydrogen-bond acceptors (Lipinski definition) is 6. The predicted molar refractivity (Wildman–Crippen MR) is 251 cm³/mol. The zero-order chi connectivity index (χ0) is 43.0. The molecule has 1 atom stereocenters. The molecular weight excluding hydrogens is 733 g/mol. The third-order valence-corrected chi connectivity index (χ3v) is 9.57. The Morgan fingerprint density at radius 3 is 1.27 bits per heavy atom. The largest absolute Gasteiger partial charge is 0.462 e. The van der Waals surface area contributed by atoms with Gasteiger partial charge >= 0.3 is 17.9 Å². The average molecular weight is 819 g/mol. The van der Waals surface area contributed by atoms with Crippen LogP contribution in [-0.2, 0) is 28.6 Å². The molecule has 59 heavy (non-hydrogen) atoms. The normalized spacial score (nSPS) is 12.9. The van der Waals surface area contributed by atoms with E-state index in [0.717, 1.165) is 70.6 Å². The Kier molecular flexibility index (Phi) is 44.1. The van der Waals surface area contributed by atoms with Crippen LogP contribution in [0.3, 0.4) is 0 Å². The molecule has 0 aliphatic heterocycles. The lowest BCUT2D eigenvalue weighted by Crippen LogP contribution is -2.30. The fourth-order valence-electron chi connectivity index (χ4n) is 5.93. The average Bonchev–Trinajstić information content (AvgIpc) is 3.23. The van der Waals surface area contributed by atoms with E-state index in [9.17, 15) is 14.4 Å². The van der Waals surface area contributed by atoms with Crippen molar-refractivity contribution in [3.8, 4) is 0 Å². The van der Waals surface area contributed by atoms with Gasteiger partial charge in [0, 0.05) is 19.3 Å². The van der Waals surface area contributed by atoms with Gasteiger partial charge in [0.2, 0.25) is 0 Å². The van der Waals surface area contributed by atoms with Crippen LogP contribution in [0.15, 0.2) is 97.2 Å². The summed E-state index contributed by atoms with van der Waals surface area (Å²) in [6.07, 6.45) is 61.2. The van der Waals surface area contributed by atoms with Gasteiger partial charge in [-0.2, -0.15) is 0 Å². The number of allylic oxidation sites excluding steroid dienone is 16. The topological polar surface area (TPSA) is 78.9 Å². The molecule has 0 N–H and O–H groups in total. The first-order valence-electron chi connectivity index (χ1n) is 23.8. The van der Waals surface area contributed by atoms with Gasteiger partial charge in [-0.25, -0.2) is 0 Å².